The number of nitrogen functional groups attached to an aromatic ring is 1. The van der Waals surface area contributed by atoms with Gasteiger partial charge >= 0.3 is 0 Å². The zero-order valence-electron chi connectivity index (χ0n) is 13.3. The third kappa shape index (κ3) is 3.16. The number of fused-ring (bicyclic) bond motifs is 1. The molecule has 0 aromatic carbocycles. The number of aromatic nitrogens is 3. The zero-order chi connectivity index (χ0) is 16.2. The van der Waals surface area contributed by atoms with Crippen LogP contribution in [0.15, 0.2) is 12.5 Å². The molecule has 0 bridgehead atoms. The van der Waals surface area contributed by atoms with Crippen molar-refractivity contribution in [3.05, 3.63) is 18.1 Å². The Morgan fingerprint density at radius 3 is 3.04 bits per heavy atom. The predicted octanol–water partition coefficient (Wildman–Crippen LogP) is 2.23. The van der Waals surface area contributed by atoms with Crippen LogP contribution in [0.2, 0.25) is 0 Å². The molecule has 3 heterocycles. The lowest BCUT2D eigenvalue weighted by molar-refractivity contribution is -0.0204. The van der Waals surface area contributed by atoms with Crippen molar-refractivity contribution >= 4 is 16.9 Å². The van der Waals surface area contributed by atoms with Crippen molar-refractivity contribution in [2.75, 3.05) is 12.3 Å². The van der Waals surface area contributed by atoms with Crippen molar-refractivity contribution in [2.45, 2.75) is 51.4 Å². The number of rotatable bonds is 4. The summed E-state index contributed by atoms with van der Waals surface area (Å²) in [5, 5.41) is 10.0. The van der Waals surface area contributed by atoms with Crippen LogP contribution >= 0.6 is 0 Å². The van der Waals surface area contributed by atoms with Crippen molar-refractivity contribution in [2.24, 2.45) is 0 Å². The van der Waals surface area contributed by atoms with Gasteiger partial charge in [0.2, 0.25) is 0 Å². The van der Waals surface area contributed by atoms with Gasteiger partial charge in [0.05, 0.1) is 23.7 Å². The Balaban J connectivity index is 1.98. The van der Waals surface area contributed by atoms with Crippen molar-refractivity contribution in [1.29, 1.82) is 0 Å². The highest BCUT2D eigenvalue weighted by Gasteiger charge is 2.28. The topological polar surface area (TPSA) is 86.2 Å². The summed E-state index contributed by atoms with van der Waals surface area (Å²) in [6, 6.07) is 0. The van der Waals surface area contributed by atoms with Gasteiger partial charge in [-0.15, -0.1) is 0 Å². The first-order valence-electron chi connectivity index (χ1n) is 8.10. The van der Waals surface area contributed by atoms with E-state index in [1.54, 1.807) is 0 Å². The fraction of sp³-hybridized carbons (Fsp3) is 0.529. The summed E-state index contributed by atoms with van der Waals surface area (Å²) in [5.41, 5.74) is 7.61. The van der Waals surface area contributed by atoms with Crippen molar-refractivity contribution in [3.8, 4) is 11.8 Å². The Bertz CT molecular complexity index is 744. The molecule has 0 amide bonds. The van der Waals surface area contributed by atoms with Crippen LogP contribution in [0.1, 0.15) is 50.8 Å². The number of nitrogens with zero attached hydrogens (tertiary/aromatic N) is 3. The van der Waals surface area contributed by atoms with Crippen LogP contribution in [0, 0.1) is 11.8 Å². The lowest BCUT2D eigenvalue weighted by Crippen LogP contribution is -2.14. The summed E-state index contributed by atoms with van der Waals surface area (Å²) in [4.78, 5) is 8.45. The van der Waals surface area contributed by atoms with E-state index < -0.39 is 0 Å². The quantitative estimate of drug-likeness (QED) is 0.667. The number of aliphatic hydroxyl groups excluding tert-OH is 1. The Morgan fingerprint density at radius 2 is 2.30 bits per heavy atom. The molecule has 0 aliphatic carbocycles. The zero-order valence-corrected chi connectivity index (χ0v) is 13.3. The molecule has 0 spiro atoms. The molecule has 0 radical (unpaired) electrons. The largest absolute Gasteiger partial charge is 0.394 e. The lowest BCUT2D eigenvalue weighted by atomic mass is 10.2. The normalized spacial score (nSPS) is 20.6. The smallest absolute Gasteiger partial charge is 0.148 e. The average Bonchev–Trinajstić information content (AvgIpc) is 3.16. The minimum absolute atomic E-state index is 0.0382. The van der Waals surface area contributed by atoms with Gasteiger partial charge in [-0.2, -0.15) is 0 Å². The van der Waals surface area contributed by atoms with Gasteiger partial charge in [-0.1, -0.05) is 25.2 Å². The summed E-state index contributed by atoms with van der Waals surface area (Å²) in [6.45, 7) is 2.19. The highest BCUT2D eigenvalue weighted by Crippen LogP contribution is 2.33. The maximum atomic E-state index is 9.26. The number of hydrogen-bond donors (Lipinski definition) is 2. The maximum Gasteiger partial charge on any atom is 0.148 e. The van der Waals surface area contributed by atoms with E-state index in [1.807, 2.05) is 10.8 Å². The van der Waals surface area contributed by atoms with Crippen LogP contribution in [0.5, 0.6) is 0 Å². The van der Waals surface area contributed by atoms with Gasteiger partial charge in [0, 0.05) is 12.6 Å². The summed E-state index contributed by atoms with van der Waals surface area (Å²) >= 11 is 0. The molecule has 3 rings (SSSR count). The third-order valence-corrected chi connectivity index (χ3v) is 4.12. The first-order valence-corrected chi connectivity index (χ1v) is 8.10. The fourth-order valence-corrected chi connectivity index (χ4v) is 2.87. The van der Waals surface area contributed by atoms with Crippen LogP contribution in [-0.2, 0) is 4.74 Å². The molecule has 6 heteroatoms. The number of aliphatic hydroxyl groups is 1. The van der Waals surface area contributed by atoms with Crippen LogP contribution in [0.3, 0.4) is 0 Å². The minimum Gasteiger partial charge on any atom is -0.394 e. The van der Waals surface area contributed by atoms with Crippen LogP contribution in [0.25, 0.3) is 11.0 Å². The van der Waals surface area contributed by atoms with E-state index >= 15 is 0 Å². The molecule has 122 valence electrons. The molecule has 2 unspecified atom stereocenters. The van der Waals surface area contributed by atoms with Gasteiger partial charge in [0.15, 0.2) is 0 Å². The number of hydrogen-bond acceptors (Lipinski definition) is 5. The van der Waals surface area contributed by atoms with Crippen LogP contribution < -0.4 is 5.73 Å². The molecule has 1 saturated heterocycles. The molecule has 2 aromatic heterocycles. The van der Waals surface area contributed by atoms with Gasteiger partial charge in [-0.3, -0.25) is 0 Å². The molecule has 1 aliphatic heterocycles. The predicted molar refractivity (Wildman–Crippen MR) is 88.6 cm³/mol. The van der Waals surface area contributed by atoms with Gasteiger partial charge < -0.3 is 20.1 Å². The van der Waals surface area contributed by atoms with E-state index in [4.69, 9.17) is 10.5 Å². The highest BCUT2D eigenvalue weighted by atomic mass is 16.5. The van der Waals surface area contributed by atoms with Crippen molar-refractivity contribution < 1.29 is 9.84 Å². The second kappa shape index (κ2) is 6.99. The molecule has 6 nitrogen and oxygen atoms in total. The first kappa shape index (κ1) is 15.8. The van der Waals surface area contributed by atoms with Gasteiger partial charge in [-0.05, 0) is 19.3 Å². The van der Waals surface area contributed by atoms with Crippen molar-refractivity contribution in [1.82, 2.24) is 14.5 Å². The fourth-order valence-electron chi connectivity index (χ4n) is 2.87. The Morgan fingerprint density at radius 1 is 1.43 bits per heavy atom. The molecule has 2 aromatic rings. The molecular weight excluding hydrogens is 292 g/mol. The monoisotopic (exact) mass is 314 g/mol. The molecule has 1 fully saturated rings. The van der Waals surface area contributed by atoms with E-state index in [2.05, 4.69) is 28.7 Å². The number of anilines is 1. The average molecular weight is 314 g/mol. The van der Waals surface area contributed by atoms with E-state index in [1.165, 1.54) is 6.33 Å². The summed E-state index contributed by atoms with van der Waals surface area (Å²) in [5.74, 6) is 6.82. The maximum absolute atomic E-state index is 9.26. The van der Waals surface area contributed by atoms with Crippen LogP contribution in [-0.4, -0.2) is 32.4 Å². The third-order valence-electron chi connectivity index (χ3n) is 4.12. The van der Waals surface area contributed by atoms with Crippen LogP contribution in [0.4, 0.5) is 5.82 Å². The Kier molecular flexibility index (Phi) is 4.79. The van der Waals surface area contributed by atoms with E-state index in [-0.39, 0.29) is 18.9 Å². The molecule has 3 N–H and O–H groups in total. The molecule has 0 saturated carbocycles. The minimum atomic E-state index is -0.143. The molecular formula is C17H22N4O2. The molecule has 23 heavy (non-hydrogen) atoms. The summed E-state index contributed by atoms with van der Waals surface area (Å²) in [6.07, 6.45) is 7.89. The Labute approximate surface area is 135 Å². The number of ether oxygens (including phenoxy) is 1. The molecule has 2 atom stereocenters. The SMILES string of the molecule is CCCCC#Cc1cn(C2CCC(CO)O2)c2ncnc(N)c12. The summed E-state index contributed by atoms with van der Waals surface area (Å²) < 4.78 is 7.83. The second-order valence-electron chi connectivity index (χ2n) is 5.79. The van der Waals surface area contributed by atoms with Gasteiger partial charge in [0.25, 0.3) is 0 Å². The van der Waals surface area contributed by atoms with Crippen molar-refractivity contribution in [3.63, 3.8) is 0 Å². The van der Waals surface area contributed by atoms with E-state index in [9.17, 15) is 5.11 Å². The number of nitrogens with two attached hydrogens (primary N) is 1. The summed E-state index contributed by atoms with van der Waals surface area (Å²) in [7, 11) is 0. The second-order valence-corrected chi connectivity index (χ2v) is 5.79. The Hall–Kier alpha value is -2.10. The standard InChI is InChI=1S/C17H22N4O2/c1-2-3-4-5-6-12-9-21(14-8-7-13(10-22)23-14)17-15(12)16(18)19-11-20-17/h9,11,13-14,22H,2-4,7-8,10H2,1H3,(H2,18,19,20). The molecule has 1 aliphatic rings. The van der Waals surface area contributed by atoms with Gasteiger partial charge in [0.1, 0.15) is 24.0 Å². The first-order chi connectivity index (χ1) is 11.2. The van der Waals surface area contributed by atoms with E-state index in [0.29, 0.717) is 5.82 Å². The number of unbranched alkanes of at least 4 members (excludes halogenated alkanes) is 2. The lowest BCUT2D eigenvalue weighted by Gasteiger charge is -2.14. The highest BCUT2D eigenvalue weighted by molar-refractivity contribution is 5.92. The van der Waals surface area contributed by atoms with Gasteiger partial charge in [-0.25, -0.2) is 9.97 Å². The van der Waals surface area contributed by atoms with E-state index in [0.717, 1.165) is 48.7 Å².